The summed E-state index contributed by atoms with van der Waals surface area (Å²) in [5.74, 6) is -0.924. The summed E-state index contributed by atoms with van der Waals surface area (Å²) in [6.45, 7) is -0.0206. The first-order chi connectivity index (χ1) is 11.7. The number of aliphatic hydroxyl groups is 1. The highest BCUT2D eigenvalue weighted by molar-refractivity contribution is 5.90. The quantitative estimate of drug-likeness (QED) is 0.862. The molecule has 1 aliphatic heterocycles. The second-order valence-corrected chi connectivity index (χ2v) is 5.85. The molecule has 25 heavy (non-hydrogen) atoms. The Labute approximate surface area is 140 Å². The molecule has 0 saturated carbocycles. The normalized spacial score (nSPS) is 20.7. The first kappa shape index (κ1) is 17.2. The van der Waals surface area contributed by atoms with Crippen LogP contribution in [0.15, 0.2) is 36.7 Å². The van der Waals surface area contributed by atoms with Crippen molar-refractivity contribution >= 4 is 5.91 Å². The van der Waals surface area contributed by atoms with Gasteiger partial charge in [0.05, 0.1) is 24.5 Å². The number of amides is 1. The second-order valence-electron chi connectivity index (χ2n) is 5.85. The first-order valence-electron chi connectivity index (χ1n) is 7.39. The third-order valence-electron chi connectivity index (χ3n) is 4.09. The van der Waals surface area contributed by atoms with Gasteiger partial charge in [-0.1, -0.05) is 12.1 Å². The number of alkyl halides is 3. The lowest BCUT2D eigenvalue weighted by Crippen LogP contribution is -2.35. The number of hydrogen-bond acceptors (Lipinski definition) is 5. The molecule has 0 spiro atoms. The number of rotatable bonds is 2. The summed E-state index contributed by atoms with van der Waals surface area (Å²) in [5.41, 5.74) is -2.33. The molecule has 2 aromatic rings. The van der Waals surface area contributed by atoms with E-state index in [9.17, 15) is 23.1 Å². The standard InChI is InChI=1S/C16H14F3N3O3/c17-16(18,19)11-3-1-2-10(6-11)15(25)4-5-22(9-15)14(24)13-20-7-12(23)8-21-13/h1-3,6-8,23,25H,4-5,9H2. The Balaban J connectivity index is 1.81. The molecule has 1 aromatic carbocycles. The maximum Gasteiger partial charge on any atom is 0.416 e. The molecular weight excluding hydrogens is 339 g/mol. The molecule has 2 heterocycles. The van der Waals surface area contributed by atoms with Gasteiger partial charge in [-0.3, -0.25) is 4.79 Å². The Kier molecular flexibility index (Phi) is 4.11. The van der Waals surface area contributed by atoms with Gasteiger partial charge in [0.25, 0.3) is 5.91 Å². The topological polar surface area (TPSA) is 86.5 Å². The molecule has 6 nitrogen and oxygen atoms in total. The molecule has 1 amide bonds. The zero-order valence-corrected chi connectivity index (χ0v) is 12.9. The van der Waals surface area contributed by atoms with Crippen molar-refractivity contribution < 1.29 is 28.2 Å². The predicted molar refractivity (Wildman–Crippen MR) is 79.6 cm³/mol. The fraction of sp³-hybridized carbons (Fsp3) is 0.312. The second kappa shape index (κ2) is 5.99. The van der Waals surface area contributed by atoms with Crippen LogP contribution in [-0.2, 0) is 11.8 Å². The number of aromatic nitrogens is 2. The maximum atomic E-state index is 12.9. The molecule has 1 atom stereocenters. The summed E-state index contributed by atoms with van der Waals surface area (Å²) in [4.78, 5) is 21.0. The van der Waals surface area contributed by atoms with Gasteiger partial charge in [-0.25, -0.2) is 9.97 Å². The summed E-state index contributed by atoms with van der Waals surface area (Å²) in [7, 11) is 0. The minimum Gasteiger partial charge on any atom is -0.505 e. The van der Waals surface area contributed by atoms with Gasteiger partial charge in [-0.15, -0.1) is 0 Å². The number of likely N-dealkylation sites (tertiary alicyclic amines) is 1. The van der Waals surface area contributed by atoms with E-state index in [1.54, 1.807) is 0 Å². The molecule has 3 rings (SSSR count). The Bertz CT molecular complexity index is 795. The first-order valence-corrected chi connectivity index (χ1v) is 7.39. The van der Waals surface area contributed by atoms with Crippen molar-refractivity contribution in [2.24, 2.45) is 0 Å². The molecule has 1 aromatic heterocycles. The molecule has 0 bridgehead atoms. The number of β-amino-alcohol motifs (C(OH)–C–C–N with tert-alkyl or cyclic N) is 1. The SMILES string of the molecule is O=C(c1ncc(O)cn1)N1CCC(O)(c2cccc(C(F)(F)F)c2)C1. The molecule has 1 fully saturated rings. The van der Waals surface area contributed by atoms with Crippen LogP contribution in [0.1, 0.15) is 28.2 Å². The molecule has 1 unspecified atom stereocenters. The summed E-state index contributed by atoms with van der Waals surface area (Å²) in [5, 5.41) is 19.9. The number of nitrogens with zero attached hydrogens (tertiary/aromatic N) is 3. The zero-order valence-electron chi connectivity index (χ0n) is 12.9. The molecule has 2 N–H and O–H groups in total. The highest BCUT2D eigenvalue weighted by Gasteiger charge is 2.41. The number of hydrogen-bond donors (Lipinski definition) is 2. The van der Waals surface area contributed by atoms with Crippen molar-refractivity contribution in [2.75, 3.05) is 13.1 Å². The van der Waals surface area contributed by atoms with Crippen LogP contribution in [-0.4, -0.2) is 44.1 Å². The number of carbonyl (C=O) groups excluding carboxylic acids is 1. The lowest BCUT2D eigenvalue weighted by molar-refractivity contribution is -0.137. The van der Waals surface area contributed by atoms with Gasteiger partial charge >= 0.3 is 6.18 Å². The fourth-order valence-corrected chi connectivity index (χ4v) is 2.76. The van der Waals surface area contributed by atoms with Crippen LogP contribution >= 0.6 is 0 Å². The lowest BCUT2D eigenvalue weighted by Gasteiger charge is -2.24. The van der Waals surface area contributed by atoms with Gasteiger partial charge in [-0.05, 0) is 24.1 Å². The van der Waals surface area contributed by atoms with Gasteiger partial charge in [0, 0.05) is 6.54 Å². The number of aromatic hydroxyl groups is 1. The maximum absolute atomic E-state index is 12.9. The fourth-order valence-electron chi connectivity index (χ4n) is 2.76. The van der Waals surface area contributed by atoms with E-state index in [4.69, 9.17) is 5.11 Å². The molecule has 1 saturated heterocycles. The van der Waals surface area contributed by atoms with Crippen LogP contribution in [0, 0.1) is 0 Å². The van der Waals surface area contributed by atoms with E-state index >= 15 is 0 Å². The van der Waals surface area contributed by atoms with Gasteiger partial charge in [0.2, 0.25) is 5.82 Å². The van der Waals surface area contributed by atoms with Crippen molar-refractivity contribution in [2.45, 2.75) is 18.2 Å². The Morgan fingerprint density at radius 2 is 1.92 bits per heavy atom. The molecule has 0 radical (unpaired) electrons. The van der Waals surface area contributed by atoms with Crippen molar-refractivity contribution in [3.05, 3.63) is 53.6 Å². The number of carbonyl (C=O) groups is 1. The van der Waals surface area contributed by atoms with Crippen LogP contribution in [0.5, 0.6) is 5.75 Å². The van der Waals surface area contributed by atoms with Crippen molar-refractivity contribution in [3.63, 3.8) is 0 Å². The smallest absolute Gasteiger partial charge is 0.416 e. The third kappa shape index (κ3) is 3.41. The van der Waals surface area contributed by atoms with Gasteiger partial charge in [0.1, 0.15) is 5.60 Å². The van der Waals surface area contributed by atoms with E-state index in [0.29, 0.717) is 0 Å². The Morgan fingerprint density at radius 3 is 2.56 bits per heavy atom. The summed E-state index contributed by atoms with van der Waals surface area (Å²) < 4.78 is 38.6. The largest absolute Gasteiger partial charge is 0.505 e. The van der Waals surface area contributed by atoms with Gasteiger partial charge in [-0.2, -0.15) is 13.2 Å². The zero-order chi connectivity index (χ0) is 18.2. The van der Waals surface area contributed by atoms with E-state index in [2.05, 4.69) is 9.97 Å². The molecular formula is C16H14F3N3O3. The monoisotopic (exact) mass is 353 g/mol. The minimum absolute atomic E-state index is 0.0954. The Hall–Kier alpha value is -2.68. The predicted octanol–water partition coefficient (Wildman–Crippen LogP) is 1.93. The average Bonchev–Trinajstić information content (AvgIpc) is 2.98. The van der Waals surface area contributed by atoms with Crippen LogP contribution in [0.4, 0.5) is 13.2 Å². The van der Waals surface area contributed by atoms with Crippen LogP contribution < -0.4 is 0 Å². The molecule has 0 aliphatic carbocycles. The summed E-state index contributed by atoms with van der Waals surface area (Å²) >= 11 is 0. The Morgan fingerprint density at radius 1 is 1.24 bits per heavy atom. The number of halogens is 3. The van der Waals surface area contributed by atoms with E-state index in [1.165, 1.54) is 17.0 Å². The molecule has 132 valence electrons. The third-order valence-corrected chi connectivity index (χ3v) is 4.09. The van der Waals surface area contributed by atoms with E-state index in [0.717, 1.165) is 24.5 Å². The van der Waals surface area contributed by atoms with Crippen LogP contribution in [0.3, 0.4) is 0 Å². The van der Waals surface area contributed by atoms with Gasteiger partial charge < -0.3 is 15.1 Å². The van der Waals surface area contributed by atoms with Crippen molar-refractivity contribution in [1.29, 1.82) is 0 Å². The average molecular weight is 353 g/mol. The van der Waals surface area contributed by atoms with E-state index in [1.807, 2.05) is 0 Å². The minimum atomic E-state index is -4.51. The van der Waals surface area contributed by atoms with Gasteiger partial charge in [0.15, 0.2) is 5.75 Å². The summed E-state index contributed by atoms with van der Waals surface area (Å²) in [6.07, 6.45) is -2.29. The highest BCUT2D eigenvalue weighted by Crippen LogP contribution is 2.36. The van der Waals surface area contributed by atoms with E-state index < -0.39 is 23.2 Å². The summed E-state index contributed by atoms with van der Waals surface area (Å²) in [6, 6.07) is 4.45. The number of benzene rings is 1. The highest BCUT2D eigenvalue weighted by atomic mass is 19.4. The van der Waals surface area contributed by atoms with Crippen molar-refractivity contribution in [3.8, 4) is 5.75 Å². The molecule has 1 aliphatic rings. The van der Waals surface area contributed by atoms with Crippen LogP contribution in [0.25, 0.3) is 0 Å². The van der Waals surface area contributed by atoms with Crippen molar-refractivity contribution in [1.82, 2.24) is 14.9 Å². The molecule has 9 heteroatoms. The van der Waals surface area contributed by atoms with Crippen LogP contribution in [0.2, 0.25) is 0 Å². The van der Waals surface area contributed by atoms with E-state index in [-0.39, 0.29) is 36.6 Å². The lowest BCUT2D eigenvalue weighted by atomic mass is 9.91.